The molecule has 0 saturated carbocycles. The smallest absolute Gasteiger partial charge is 0.156 e. The summed E-state index contributed by atoms with van der Waals surface area (Å²) >= 11 is 0. The van der Waals surface area contributed by atoms with Gasteiger partial charge in [0.1, 0.15) is 17.7 Å². The number of nitrogens with two attached hydrogens (primary N) is 1. The van der Waals surface area contributed by atoms with E-state index in [0.717, 1.165) is 0 Å². The number of para-hydroxylation sites is 1. The average Bonchev–Trinajstić information content (AvgIpc) is 2.97. The van der Waals surface area contributed by atoms with Crippen LogP contribution in [0.25, 0.3) is 27.5 Å². The molecule has 0 unspecified atom stereocenters. The van der Waals surface area contributed by atoms with Crippen LogP contribution in [0.2, 0.25) is 0 Å². The maximum absolute atomic E-state index is 14.7. The fourth-order valence-corrected chi connectivity index (χ4v) is 2.50. The van der Waals surface area contributed by atoms with Crippen LogP contribution < -0.4 is 5.73 Å². The van der Waals surface area contributed by atoms with Gasteiger partial charge < -0.3 is 5.73 Å². The third kappa shape index (κ3) is 1.66. The fraction of sp³-hybridized carbons (Fsp3) is 0. The molecule has 3 heterocycles. The summed E-state index contributed by atoms with van der Waals surface area (Å²) in [5.74, 6) is 0.0485. The van der Waals surface area contributed by atoms with E-state index in [1.807, 2.05) is 18.2 Å². The van der Waals surface area contributed by atoms with E-state index in [1.165, 1.54) is 10.8 Å². The number of halogens is 1. The zero-order chi connectivity index (χ0) is 14.4. The summed E-state index contributed by atoms with van der Waals surface area (Å²) in [5.41, 5.74) is 8.06. The summed E-state index contributed by atoms with van der Waals surface area (Å²) in [6.07, 6.45) is 4.67. The SMILES string of the molecule is Nc1ncnc2c(-c3ccn4nccc4c3F)cccc12. The van der Waals surface area contributed by atoms with Crippen molar-refractivity contribution in [3.05, 3.63) is 54.9 Å². The molecule has 4 rings (SSSR count). The second-order valence-corrected chi connectivity index (χ2v) is 4.67. The maximum Gasteiger partial charge on any atom is 0.156 e. The lowest BCUT2D eigenvalue weighted by atomic mass is 10.0. The van der Waals surface area contributed by atoms with Crippen molar-refractivity contribution < 1.29 is 4.39 Å². The van der Waals surface area contributed by atoms with Gasteiger partial charge in [-0.1, -0.05) is 12.1 Å². The number of anilines is 1. The Morgan fingerprint density at radius 1 is 1.05 bits per heavy atom. The predicted octanol–water partition coefficient (Wildman–Crippen LogP) is 2.67. The predicted molar refractivity (Wildman–Crippen MR) is 78.1 cm³/mol. The minimum Gasteiger partial charge on any atom is -0.383 e. The van der Waals surface area contributed by atoms with Crippen LogP contribution in [0.15, 0.2) is 49.1 Å². The Morgan fingerprint density at radius 2 is 1.95 bits per heavy atom. The fourth-order valence-electron chi connectivity index (χ4n) is 2.50. The first-order valence-corrected chi connectivity index (χ1v) is 6.37. The second-order valence-electron chi connectivity index (χ2n) is 4.67. The molecular formula is C15H10FN5. The quantitative estimate of drug-likeness (QED) is 0.581. The van der Waals surface area contributed by atoms with Crippen LogP contribution in [0.1, 0.15) is 0 Å². The zero-order valence-corrected chi connectivity index (χ0v) is 10.9. The molecule has 0 bridgehead atoms. The minimum absolute atomic E-state index is 0.334. The van der Waals surface area contributed by atoms with Gasteiger partial charge in [0.05, 0.1) is 11.7 Å². The van der Waals surface area contributed by atoms with Crippen molar-refractivity contribution >= 4 is 22.2 Å². The van der Waals surface area contributed by atoms with Crippen molar-refractivity contribution in [1.82, 2.24) is 19.6 Å². The van der Waals surface area contributed by atoms with Gasteiger partial charge in [-0.05, 0) is 18.2 Å². The number of benzene rings is 1. The molecule has 0 amide bonds. The zero-order valence-electron chi connectivity index (χ0n) is 10.9. The molecule has 0 fully saturated rings. The van der Waals surface area contributed by atoms with Crippen molar-refractivity contribution in [2.75, 3.05) is 5.73 Å². The molecule has 6 heteroatoms. The highest BCUT2D eigenvalue weighted by Crippen LogP contribution is 2.31. The molecule has 2 N–H and O–H groups in total. The van der Waals surface area contributed by atoms with Gasteiger partial charge in [-0.3, -0.25) is 0 Å². The number of fused-ring (bicyclic) bond motifs is 2. The van der Waals surface area contributed by atoms with Crippen LogP contribution in [0.4, 0.5) is 10.2 Å². The molecule has 4 aromatic rings. The topological polar surface area (TPSA) is 69.1 Å². The molecule has 3 aromatic heterocycles. The number of aromatic nitrogens is 4. The molecule has 21 heavy (non-hydrogen) atoms. The molecule has 102 valence electrons. The largest absolute Gasteiger partial charge is 0.383 e. The second kappa shape index (κ2) is 4.24. The van der Waals surface area contributed by atoms with Gasteiger partial charge in [-0.15, -0.1) is 0 Å². The van der Waals surface area contributed by atoms with Crippen LogP contribution >= 0.6 is 0 Å². The third-order valence-electron chi connectivity index (χ3n) is 3.50. The molecule has 0 saturated heterocycles. The highest BCUT2D eigenvalue weighted by molar-refractivity contribution is 5.98. The van der Waals surface area contributed by atoms with E-state index >= 15 is 0 Å². The monoisotopic (exact) mass is 279 g/mol. The van der Waals surface area contributed by atoms with Crippen molar-refractivity contribution in [3.8, 4) is 11.1 Å². The van der Waals surface area contributed by atoms with Crippen molar-refractivity contribution in [1.29, 1.82) is 0 Å². The van der Waals surface area contributed by atoms with E-state index in [-0.39, 0.29) is 5.82 Å². The normalized spacial score (nSPS) is 11.3. The van der Waals surface area contributed by atoms with Crippen LogP contribution in [0.3, 0.4) is 0 Å². The molecule has 0 aliphatic carbocycles. The maximum atomic E-state index is 14.7. The van der Waals surface area contributed by atoms with E-state index in [9.17, 15) is 4.39 Å². The molecule has 0 aliphatic rings. The summed E-state index contributed by atoms with van der Waals surface area (Å²) in [5, 5.41) is 4.73. The van der Waals surface area contributed by atoms with E-state index in [2.05, 4.69) is 15.1 Å². The minimum atomic E-state index is -0.334. The molecular weight excluding hydrogens is 269 g/mol. The summed E-state index contributed by atoms with van der Waals surface area (Å²) in [7, 11) is 0. The van der Waals surface area contributed by atoms with Gasteiger partial charge >= 0.3 is 0 Å². The Kier molecular flexibility index (Phi) is 2.38. The summed E-state index contributed by atoms with van der Waals surface area (Å²) < 4.78 is 16.2. The van der Waals surface area contributed by atoms with Crippen molar-refractivity contribution in [3.63, 3.8) is 0 Å². The van der Waals surface area contributed by atoms with E-state index in [4.69, 9.17) is 5.73 Å². The van der Waals surface area contributed by atoms with Gasteiger partial charge in [-0.25, -0.2) is 18.9 Å². The number of hydrogen-bond acceptors (Lipinski definition) is 4. The van der Waals surface area contributed by atoms with Crippen LogP contribution in [0, 0.1) is 5.82 Å². The highest BCUT2D eigenvalue weighted by Gasteiger charge is 2.14. The Bertz CT molecular complexity index is 976. The highest BCUT2D eigenvalue weighted by atomic mass is 19.1. The summed E-state index contributed by atoms with van der Waals surface area (Å²) in [4.78, 5) is 8.21. The number of hydrogen-bond donors (Lipinski definition) is 1. The van der Waals surface area contributed by atoms with Crippen molar-refractivity contribution in [2.24, 2.45) is 0 Å². The van der Waals surface area contributed by atoms with Crippen LogP contribution in [-0.4, -0.2) is 19.6 Å². The van der Waals surface area contributed by atoms with Gasteiger partial charge in [0.25, 0.3) is 0 Å². The number of pyridine rings is 1. The van der Waals surface area contributed by atoms with E-state index in [0.29, 0.717) is 33.4 Å². The first kappa shape index (κ1) is 11.8. The molecule has 1 aromatic carbocycles. The number of nitrogen functional groups attached to an aromatic ring is 1. The standard InChI is InChI=1S/C15H10FN5/c16-13-9(5-7-21-12(13)4-6-20-21)10-2-1-3-11-14(10)18-8-19-15(11)17/h1-8H,(H2,17,18,19). The van der Waals surface area contributed by atoms with E-state index < -0.39 is 0 Å². The Labute approximate surface area is 118 Å². The molecule has 0 atom stereocenters. The molecule has 5 nitrogen and oxygen atoms in total. The van der Waals surface area contributed by atoms with Gasteiger partial charge in [-0.2, -0.15) is 5.10 Å². The lowest BCUT2D eigenvalue weighted by molar-refractivity contribution is 0.634. The van der Waals surface area contributed by atoms with Gasteiger partial charge in [0.15, 0.2) is 5.82 Å². The molecule has 0 aliphatic heterocycles. The number of nitrogens with zero attached hydrogens (tertiary/aromatic N) is 4. The number of rotatable bonds is 1. The Balaban J connectivity index is 2.09. The molecule has 0 spiro atoms. The lowest BCUT2D eigenvalue weighted by Crippen LogP contribution is -1.97. The average molecular weight is 279 g/mol. The summed E-state index contributed by atoms with van der Waals surface area (Å²) in [6, 6.07) is 8.77. The van der Waals surface area contributed by atoms with Crippen LogP contribution in [-0.2, 0) is 0 Å². The van der Waals surface area contributed by atoms with Gasteiger partial charge in [0, 0.05) is 22.7 Å². The Morgan fingerprint density at radius 3 is 2.86 bits per heavy atom. The first-order valence-electron chi connectivity index (χ1n) is 6.37. The first-order chi connectivity index (χ1) is 10.3. The Hall–Kier alpha value is -3.02. The summed E-state index contributed by atoms with van der Waals surface area (Å²) in [6.45, 7) is 0. The third-order valence-corrected chi connectivity index (χ3v) is 3.50. The van der Waals surface area contributed by atoms with Crippen LogP contribution in [0.5, 0.6) is 0 Å². The molecule has 0 radical (unpaired) electrons. The van der Waals surface area contributed by atoms with Gasteiger partial charge in [0.2, 0.25) is 0 Å². The van der Waals surface area contributed by atoms with Crippen molar-refractivity contribution in [2.45, 2.75) is 0 Å². The lowest BCUT2D eigenvalue weighted by Gasteiger charge is -2.09. The van der Waals surface area contributed by atoms with E-state index in [1.54, 1.807) is 24.5 Å².